The summed E-state index contributed by atoms with van der Waals surface area (Å²) in [6.07, 6.45) is 6.99. The minimum atomic E-state index is -1.05. The summed E-state index contributed by atoms with van der Waals surface area (Å²) in [6.45, 7) is 1.95. The Kier molecular flexibility index (Phi) is 15.1. The van der Waals surface area contributed by atoms with Crippen LogP contribution in [0.4, 0.5) is 9.59 Å². The molecule has 1 unspecified atom stereocenters. The van der Waals surface area contributed by atoms with Gasteiger partial charge in [-0.25, -0.2) is 9.59 Å². The first-order valence-corrected chi connectivity index (χ1v) is 13.6. The maximum atomic E-state index is 11.9. The number of halogens is 1. The molecule has 1 aliphatic rings. The fraction of sp³-hybridized carbons (Fsp3) is 0.448. The van der Waals surface area contributed by atoms with E-state index in [4.69, 9.17) is 21.1 Å². The molecule has 3 rings (SSSR count). The number of carbonyl (C=O) groups is 4. The third-order valence-corrected chi connectivity index (χ3v) is 6.21. The molecule has 2 aromatic carbocycles. The van der Waals surface area contributed by atoms with Crippen LogP contribution < -0.4 is 16.0 Å². The summed E-state index contributed by atoms with van der Waals surface area (Å²) in [7, 11) is 0. The SMILES string of the molecule is CC1CCCCC1.O=CC(COC(=O)NCCc1ccccc1)NC(=O)CNC(=O)OCc1cccc(Cl)c1. The van der Waals surface area contributed by atoms with E-state index >= 15 is 0 Å². The number of benzene rings is 2. The van der Waals surface area contributed by atoms with Crippen molar-refractivity contribution in [2.75, 3.05) is 19.7 Å². The van der Waals surface area contributed by atoms with Crippen LogP contribution in [-0.4, -0.2) is 50.1 Å². The van der Waals surface area contributed by atoms with Crippen LogP contribution >= 0.6 is 11.6 Å². The molecular weight excluding hydrogens is 522 g/mol. The molecule has 3 amide bonds. The molecule has 0 heterocycles. The van der Waals surface area contributed by atoms with E-state index in [0.29, 0.717) is 29.8 Å². The first-order valence-electron chi connectivity index (χ1n) is 13.2. The Morgan fingerprint density at radius 2 is 1.64 bits per heavy atom. The van der Waals surface area contributed by atoms with Crippen LogP contribution in [0.15, 0.2) is 54.6 Å². The van der Waals surface area contributed by atoms with E-state index < -0.39 is 30.7 Å². The van der Waals surface area contributed by atoms with Gasteiger partial charge >= 0.3 is 12.2 Å². The van der Waals surface area contributed by atoms with Crippen LogP contribution in [0.1, 0.15) is 50.2 Å². The predicted molar refractivity (Wildman–Crippen MR) is 149 cm³/mol. The van der Waals surface area contributed by atoms with Crippen molar-refractivity contribution in [3.05, 3.63) is 70.7 Å². The molecule has 39 heavy (non-hydrogen) atoms. The number of nitrogens with one attached hydrogen (secondary N) is 3. The summed E-state index contributed by atoms with van der Waals surface area (Å²) < 4.78 is 9.92. The van der Waals surface area contributed by atoms with Crippen molar-refractivity contribution in [1.29, 1.82) is 0 Å². The molecular formula is C29H38ClN3O6. The van der Waals surface area contributed by atoms with Gasteiger partial charge in [0.25, 0.3) is 0 Å². The first-order chi connectivity index (χ1) is 18.9. The number of carbonyl (C=O) groups excluding carboxylic acids is 4. The standard InChI is InChI=1S/C22H24ClN3O6.C7H14/c23-18-8-4-7-17(11-18)14-31-22(30)25-12-20(28)26-19(13-27)15-32-21(29)24-10-9-16-5-2-1-3-6-16;1-7-5-3-2-4-6-7/h1-8,11,13,19H,9-10,12,14-15H2,(H,24,29)(H,25,30)(H,26,28);7H,2-6H2,1H3. The van der Waals surface area contributed by atoms with E-state index in [1.165, 1.54) is 32.1 Å². The van der Waals surface area contributed by atoms with Crippen LogP contribution in [0.2, 0.25) is 5.02 Å². The molecule has 10 heteroatoms. The largest absolute Gasteiger partial charge is 0.447 e. The van der Waals surface area contributed by atoms with Crippen molar-refractivity contribution in [3.63, 3.8) is 0 Å². The average Bonchev–Trinajstić information content (AvgIpc) is 2.94. The van der Waals surface area contributed by atoms with E-state index in [9.17, 15) is 19.2 Å². The normalized spacial score (nSPS) is 13.6. The molecule has 1 fully saturated rings. The molecule has 0 radical (unpaired) electrons. The number of rotatable bonds is 11. The Morgan fingerprint density at radius 1 is 0.949 bits per heavy atom. The van der Waals surface area contributed by atoms with E-state index in [0.717, 1.165) is 11.5 Å². The van der Waals surface area contributed by atoms with Gasteiger partial charge in [0, 0.05) is 11.6 Å². The summed E-state index contributed by atoms with van der Waals surface area (Å²) >= 11 is 5.85. The van der Waals surface area contributed by atoms with Crippen molar-refractivity contribution in [3.8, 4) is 0 Å². The fourth-order valence-electron chi connectivity index (χ4n) is 3.83. The van der Waals surface area contributed by atoms with E-state index in [-0.39, 0.29) is 13.2 Å². The quantitative estimate of drug-likeness (QED) is 0.340. The summed E-state index contributed by atoms with van der Waals surface area (Å²) in [6, 6.07) is 15.3. The maximum Gasteiger partial charge on any atom is 0.407 e. The van der Waals surface area contributed by atoms with Gasteiger partial charge in [-0.2, -0.15) is 0 Å². The maximum absolute atomic E-state index is 11.9. The number of amides is 3. The molecule has 3 N–H and O–H groups in total. The van der Waals surface area contributed by atoms with Crippen LogP contribution in [0.5, 0.6) is 0 Å². The molecule has 1 saturated carbocycles. The van der Waals surface area contributed by atoms with Crippen molar-refractivity contribution < 1.29 is 28.7 Å². The highest BCUT2D eigenvalue weighted by atomic mass is 35.5. The van der Waals surface area contributed by atoms with Crippen LogP contribution in [0, 0.1) is 5.92 Å². The fourth-order valence-corrected chi connectivity index (χ4v) is 4.04. The highest BCUT2D eigenvalue weighted by Gasteiger charge is 2.15. The van der Waals surface area contributed by atoms with Gasteiger partial charge in [0.15, 0.2) is 0 Å². The number of hydrogen-bond donors (Lipinski definition) is 3. The van der Waals surface area contributed by atoms with E-state index in [2.05, 4.69) is 22.9 Å². The Hall–Kier alpha value is -3.59. The Balaban J connectivity index is 0.000000658. The molecule has 0 spiro atoms. The predicted octanol–water partition coefficient (Wildman–Crippen LogP) is 4.81. The van der Waals surface area contributed by atoms with Gasteiger partial charge in [-0.05, 0) is 35.6 Å². The van der Waals surface area contributed by atoms with Crippen molar-refractivity contribution in [2.45, 2.75) is 58.1 Å². The van der Waals surface area contributed by atoms with Gasteiger partial charge in [0.2, 0.25) is 5.91 Å². The molecule has 2 aromatic rings. The second-order valence-electron chi connectivity index (χ2n) is 9.37. The molecule has 0 saturated heterocycles. The molecule has 0 bridgehead atoms. The Bertz CT molecular complexity index is 1030. The first kappa shape index (κ1) is 31.6. The average molecular weight is 560 g/mol. The zero-order valence-corrected chi connectivity index (χ0v) is 23.1. The minimum Gasteiger partial charge on any atom is -0.447 e. The molecule has 1 atom stereocenters. The molecule has 0 aromatic heterocycles. The molecule has 1 aliphatic carbocycles. The number of ether oxygens (including phenoxy) is 2. The monoisotopic (exact) mass is 559 g/mol. The molecule has 9 nitrogen and oxygen atoms in total. The topological polar surface area (TPSA) is 123 Å². The lowest BCUT2D eigenvalue weighted by Gasteiger charge is -2.15. The third-order valence-electron chi connectivity index (χ3n) is 5.98. The van der Waals surface area contributed by atoms with Gasteiger partial charge in [0.05, 0.1) is 0 Å². The highest BCUT2D eigenvalue weighted by Crippen LogP contribution is 2.22. The van der Waals surface area contributed by atoms with Crippen LogP contribution in [0.3, 0.4) is 0 Å². The van der Waals surface area contributed by atoms with Gasteiger partial charge in [-0.1, -0.05) is 93.1 Å². The highest BCUT2D eigenvalue weighted by molar-refractivity contribution is 6.30. The second kappa shape index (κ2) is 18.6. The van der Waals surface area contributed by atoms with Gasteiger partial charge in [-0.15, -0.1) is 0 Å². The van der Waals surface area contributed by atoms with Crippen molar-refractivity contribution >= 4 is 36.0 Å². The lowest BCUT2D eigenvalue weighted by Crippen LogP contribution is -2.45. The van der Waals surface area contributed by atoms with Gasteiger partial charge in [-0.3, -0.25) is 4.79 Å². The smallest absolute Gasteiger partial charge is 0.407 e. The van der Waals surface area contributed by atoms with Crippen LogP contribution in [0.25, 0.3) is 0 Å². The van der Waals surface area contributed by atoms with Crippen LogP contribution in [-0.2, 0) is 32.1 Å². The lowest BCUT2D eigenvalue weighted by atomic mass is 9.91. The summed E-state index contributed by atoms with van der Waals surface area (Å²) in [5.41, 5.74) is 1.75. The summed E-state index contributed by atoms with van der Waals surface area (Å²) in [5.74, 6) is 0.392. The second-order valence-corrected chi connectivity index (χ2v) is 9.81. The Labute approximate surface area is 235 Å². The van der Waals surface area contributed by atoms with Gasteiger partial charge in [0.1, 0.15) is 32.1 Å². The zero-order valence-electron chi connectivity index (χ0n) is 22.3. The zero-order chi connectivity index (χ0) is 28.3. The van der Waals surface area contributed by atoms with E-state index in [1.807, 2.05) is 30.3 Å². The summed E-state index contributed by atoms with van der Waals surface area (Å²) in [5, 5.41) is 7.68. The molecule has 212 valence electrons. The third kappa shape index (κ3) is 14.8. The van der Waals surface area contributed by atoms with Gasteiger partial charge < -0.3 is 30.2 Å². The van der Waals surface area contributed by atoms with Crippen molar-refractivity contribution in [2.24, 2.45) is 5.92 Å². The summed E-state index contributed by atoms with van der Waals surface area (Å²) in [4.78, 5) is 46.4. The lowest BCUT2D eigenvalue weighted by molar-refractivity contribution is -0.123. The molecule has 0 aliphatic heterocycles. The number of hydrogen-bond acceptors (Lipinski definition) is 6. The Morgan fingerprint density at radius 3 is 2.28 bits per heavy atom. The minimum absolute atomic E-state index is 0.0157. The van der Waals surface area contributed by atoms with E-state index in [1.54, 1.807) is 24.3 Å². The number of alkyl carbamates (subject to hydrolysis) is 2. The van der Waals surface area contributed by atoms with Crippen molar-refractivity contribution in [1.82, 2.24) is 16.0 Å². The number of aldehydes is 1.